The van der Waals surface area contributed by atoms with Gasteiger partial charge in [0.25, 0.3) is 0 Å². The van der Waals surface area contributed by atoms with Crippen molar-refractivity contribution in [3.63, 3.8) is 0 Å². The third-order valence-corrected chi connectivity index (χ3v) is 3.46. The van der Waals surface area contributed by atoms with E-state index in [0.717, 1.165) is 6.54 Å². The quantitative estimate of drug-likeness (QED) is 0.840. The van der Waals surface area contributed by atoms with E-state index in [0.29, 0.717) is 6.04 Å². The monoisotopic (exact) mass is 219 g/mol. The molecule has 0 fully saturated rings. The van der Waals surface area contributed by atoms with Crippen LogP contribution in [0.1, 0.15) is 37.4 Å². The molecule has 1 aromatic carbocycles. The summed E-state index contributed by atoms with van der Waals surface area (Å²) in [6.45, 7) is 5.12. The first-order valence-electron chi connectivity index (χ1n) is 5.99. The summed E-state index contributed by atoms with van der Waals surface area (Å²) in [7, 11) is 1.77. The Hall–Kier alpha value is -0.860. The van der Waals surface area contributed by atoms with Crippen LogP contribution in [-0.2, 0) is 11.2 Å². The van der Waals surface area contributed by atoms with Gasteiger partial charge in [0.05, 0.1) is 5.60 Å². The van der Waals surface area contributed by atoms with Gasteiger partial charge in [-0.1, -0.05) is 24.3 Å². The lowest BCUT2D eigenvalue weighted by Gasteiger charge is -2.26. The first-order chi connectivity index (χ1) is 7.62. The zero-order valence-corrected chi connectivity index (χ0v) is 10.4. The second-order valence-corrected chi connectivity index (χ2v) is 5.13. The van der Waals surface area contributed by atoms with Gasteiger partial charge in [-0.25, -0.2) is 0 Å². The van der Waals surface area contributed by atoms with Gasteiger partial charge >= 0.3 is 0 Å². The van der Waals surface area contributed by atoms with Crippen molar-refractivity contribution in [3.05, 3.63) is 35.4 Å². The Morgan fingerprint density at radius 2 is 2.12 bits per heavy atom. The molecule has 16 heavy (non-hydrogen) atoms. The lowest BCUT2D eigenvalue weighted by molar-refractivity contribution is 0.0210. The number of fused-ring (bicyclic) bond motifs is 1. The second-order valence-electron chi connectivity index (χ2n) is 5.13. The highest BCUT2D eigenvalue weighted by atomic mass is 16.5. The average Bonchev–Trinajstić information content (AvgIpc) is 2.70. The number of benzene rings is 1. The van der Waals surface area contributed by atoms with E-state index in [4.69, 9.17) is 4.74 Å². The van der Waals surface area contributed by atoms with Gasteiger partial charge < -0.3 is 10.1 Å². The van der Waals surface area contributed by atoms with E-state index in [1.54, 1.807) is 7.11 Å². The van der Waals surface area contributed by atoms with E-state index in [9.17, 15) is 0 Å². The van der Waals surface area contributed by atoms with Crippen LogP contribution in [0.5, 0.6) is 0 Å². The summed E-state index contributed by atoms with van der Waals surface area (Å²) in [5.74, 6) is 0. The van der Waals surface area contributed by atoms with Crippen LogP contribution in [0.15, 0.2) is 24.3 Å². The van der Waals surface area contributed by atoms with Crippen LogP contribution in [-0.4, -0.2) is 19.3 Å². The fourth-order valence-corrected chi connectivity index (χ4v) is 2.21. The molecule has 0 heterocycles. The van der Waals surface area contributed by atoms with Crippen LogP contribution < -0.4 is 5.32 Å². The largest absolute Gasteiger partial charge is 0.377 e. The fraction of sp³-hybridized carbons (Fsp3) is 0.571. The minimum atomic E-state index is -0.0858. The van der Waals surface area contributed by atoms with Gasteiger partial charge in [-0.3, -0.25) is 0 Å². The van der Waals surface area contributed by atoms with Crippen molar-refractivity contribution in [1.29, 1.82) is 0 Å². The Morgan fingerprint density at radius 3 is 2.88 bits per heavy atom. The zero-order chi connectivity index (χ0) is 11.6. The molecule has 2 nitrogen and oxygen atoms in total. The molecule has 0 aliphatic heterocycles. The number of hydrogen-bond donors (Lipinski definition) is 1. The molecule has 88 valence electrons. The Bertz CT molecular complexity index is 360. The normalized spacial score (nSPS) is 19.8. The van der Waals surface area contributed by atoms with E-state index in [2.05, 4.69) is 43.4 Å². The second kappa shape index (κ2) is 4.56. The predicted molar refractivity (Wildman–Crippen MR) is 66.6 cm³/mol. The number of ether oxygens (including phenoxy) is 1. The molecule has 2 rings (SSSR count). The molecule has 0 saturated heterocycles. The van der Waals surface area contributed by atoms with Crippen molar-refractivity contribution in [2.75, 3.05) is 13.7 Å². The summed E-state index contributed by atoms with van der Waals surface area (Å²) >= 11 is 0. The number of aryl methyl sites for hydroxylation is 1. The molecule has 1 unspecified atom stereocenters. The van der Waals surface area contributed by atoms with Crippen LogP contribution >= 0.6 is 0 Å². The minimum absolute atomic E-state index is 0.0858. The number of hydrogen-bond acceptors (Lipinski definition) is 2. The van der Waals surface area contributed by atoms with Crippen molar-refractivity contribution in [3.8, 4) is 0 Å². The van der Waals surface area contributed by atoms with Gasteiger partial charge in [0.2, 0.25) is 0 Å². The van der Waals surface area contributed by atoms with Crippen LogP contribution in [0.3, 0.4) is 0 Å². The maximum atomic E-state index is 5.42. The minimum Gasteiger partial charge on any atom is -0.377 e. The summed E-state index contributed by atoms with van der Waals surface area (Å²) in [5, 5.41) is 3.60. The van der Waals surface area contributed by atoms with Gasteiger partial charge in [-0.15, -0.1) is 0 Å². The Morgan fingerprint density at radius 1 is 1.38 bits per heavy atom. The summed E-state index contributed by atoms with van der Waals surface area (Å²) in [6.07, 6.45) is 2.40. The highest BCUT2D eigenvalue weighted by molar-refractivity contribution is 5.34. The first kappa shape index (κ1) is 11.6. The Labute approximate surface area is 98.0 Å². The summed E-state index contributed by atoms with van der Waals surface area (Å²) < 4.78 is 5.42. The zero-order valence-electron chi connectivity index (χ0n) is 10.4. The van der Waals surface area contributed by atoms with Gasteiger partial charge in [-0.2, -0.15) is 0 Å². The third kappa shape index (κ3) is 2.45. The van der Waals surface area contributed by atoms with Gasteiger partial charge in [0, 0.05) is 19.7 Å². The van der Waals surface area contributed by atoms with Crippen molar-refractivity contribution < 1.29 is 4.74 Å². The smallest absolute Gasteiger partial charge is 0.0746 e. The van der Waals surface area contributed by atoms with Crippen LogP contribution in [0, 0.1) is 0 Å². The van der Waals surface area contributed by atoms with Gasteiger partial charge in [0.1, 0.15) is 0 Å². The molecule has 2 heteroatoms. The molecule has 0 spiro atoms. The lowest BCUT2D eigenvalue weighted by atomic mass is 10.1. The molecule has 1 atom stereocenters. The Balaban J connectivity index is 1.99. The third-order valence-electron chi connectivity index (χ3n) is 3.46. The molecular weight excluding hydrogens is 198 g/mol. The first-order valence-corrected chi connectivity index (χ1v) is 5.99. The summed E-state index contributed by atoms with van der Waals surface area (Å²) in [4.78, 5) is 0. The van der Waals surface area contributed by atoms with Crippen LogP contribution in [0.4, 0.5) is 0 Å². The van der Waals surface area contributed by atoms with E-state index in [-0.39, 0.29) is 5.60 Å². The molecule has 0 saturated carbocycles. The van der Waals surface area contributed by atoms with Crippen molar-refractivity contribution in [2.45, 2.75) is 38.3 Å². The predicted octanol–water partition coefficient (Wildman–Crippen LogP) is 2.69. The molecule has 1 aliphatic rings. The van der Waals surface area contributed by atoms with Crippen molar-refractivity contribution in [1.82, 2.24) is 5.32 Å². The van der Waals surface area contributed by atoms with E-state index in [1.165, 1.54) is 24.0 Å². The van der Waals surface area contributed by atoms with E-state index in [1.807, 2.05) is 0 Å². The molecule has 1 aromatic rings. The highest BCUT2D eigenvalue weighted by Gasteiger charge is 2.24. The number of rotatable bonds is 4. The number of nitrogens with one attached hydrogen (secondary N) is 1. The molecule has 0 radical (unpaired) electrons. The van der Waals surface area contributed by atoms with Gasteiger partial charge in [0.15, 0.2) is 0 Å². The molecular formula is C14H21NO. The van der Waals surface area contributed by atoms with Gasteiger partial charge in [-0.05, 0) is 37.8 Å². The molecule has 0 aromatic heterocycles. The maximum Gasteiger partial charge on any atom is 0.0746 e. The average molecular weight is 219 g/mol. The van der Waals surface area contributed by atoms with Crippen molar-refractivity contribution >= 4 is 0 Å². The molecule has 1 aliphatic carbocycles. The number of methoxy groups -OCH3 is 1. The molecule has 1 N–H and O–H groups in total. The summed E-state index contributed by atoms with van der Waals surface area (Å²) in [6, 6.07) is 9.23. The maximum absolute atomic E-state index is 5.42. The topological polar surface area (TPSA) is 21.3 Å². The SMILES string of the molecule is COC(C)(C)CNC1CCc2ccccc21. The van der Waals surface area contributed by atoms with E-state index >= 15 is 0 Å². The van der Waals surface area contributed by atoms with Crippen LogP contribution in [0.2, 0.25) is 0 Å². The highest BCUT2D eigenvalue weighted by Crippen LogP contribution is 2.30. The Kier molecular flexibility index (Phi) is 3.31. The summed E-state index contributed by atoms with van der Waals surface area (Å²) in [5.41, 5.74) is 2.88. The molecule has 0 bridgehead atoms. The fourth-order valence-electron chi connectivity index (χ4n) is 2.21. The van der Waals surface area contributed by atoms with Crippen LogP contribution in [0.25, 0.3) is 0 Å². The van der Waals surface area contributed by atoms with Crippen molar-refractivity contribution in [2.24, 2.45) is 0 Å². The molecule has 0 amide bonds. The lowest BCUT2D eigenvalue weighted by Crippen LogP contribution is -2.38. The van der Waals surface area contributed by atoms with E-state index < -0.39 is 0 Å². The standard InChI is InChI=1S/C14H21NO/c1-14(2,16-3)10-15-13-9-8-11-6-4-5-7-12(11)13/h4-7,13,15H,8-10H2,1-3H3.